The number of hydrogen-bond donors (Lipinski definition) is 0. The summed E-state index contributed by atoms with van der Waals surface area (Å²) in [5, 5.41) is 4.43. The van der Waals surface area contributed by atoms with Crippen LogP contribution in [-0.4, -0.2) is 57.2 Å². The van der Waals surface area contributed by atoms with Crippen molar-refractivity contribution in [2.75, 3.05) is 26.7 Å². The van der Waals surface area contributed by atoms with Gasteiger partial charge in [-0.2, -0.15) is 5.10 Å². The number of aryl methyl sites for hydroxylation is 1. The molecule has 1 amide bonds. The van der Waals surface area contributed by atoms with Crippen LogP contribution in [0.2, 0.25) is 0 Å². The predicted molar refractivity (Wildman–Crippen MR) is 126 cm³/mol. The summed E-state index contributed by atoms with van der Waals surface area (Å²) >= 11 is 0. The third-order valence-electron chi connectivity index (χ3n) is 7.25. The average Bonchev–Trinajstić information content (AvgIpc) is 3.41. The fourth-order valence-electron chi connectivity index (χ4n) is 5.73. The number of rotatable bonds is 6. The van der Waals surface area contributed by atoms with Gasteiger partial charge in [0.05, 0.1) is 12.5 Å². The molecule has 5 rings (SSSR count). The molecule has 0 unspecified atom stereocenters. The van der Waals surface area contributed by atoms with Gasteiger partial charge in [-0.25, -0.2) is 4.98 Å². The molecule has 4 heterocycles. The number of hydrogen-bond acceptors (Lipinski definition) is 5. The zero-order valence-electron chi connectivity index (χ0n) is 19.4. The number of carbonyl (C=O) groups is 1. The van der Waals surface area contributed by atoms with E-state index in [0.717, 1.165) is 43.7 Å². The van der Waals surface area contributed by atoms with Crippen LogP contribution in [0.5, 0.6) is 5.88 Å². The summed E-state index contributed by atoms with van der Waals surface area (Å²) in [6.07, 6.45) is 5.49. The largest absolute Gasteiger partial charge is 0.481 e. The maximum Gasteiger partial charge on any atom is 0.231 e. The number of aromatic nitrogens is 3. The van der Waals surface area contributed by atoms with E-state index in [0.29, 0.717) is 19.0 Å². The zero-order chi connectivity index (χ0) is 22.8. The molecule has 7 heteroatoms. The quantitative estimate of drug-likeness (QED) is 0.583. The van der Waals surface area contributed by atoms with Gasteiger partial charge in [-0.3, -0.25) is 14.4 Å². The number of pyridine rings is 1. The van der Waals surface area contributed by atoms with E-state index in [2.05, 4.69) is 44.1 Å². The van der Waals surface area contributed by atoms with E-state index in [1.54, 1.807) is 13.3 Å². The van der Waals surface area contributed by atoms with Gasteiger partial charge in [0.25, 0.3) is 0 Å². The molecule has 2 saturated heterocycles. The number of carbonyl (C=O) groups excluding carboxylic acids is 1. The lowest BCUT2D eigenvalue weighted by molar-refractivity contribution is -0.147. The van der Waals surface area contributed by atoms with Crippen molar-refractivity contribution < 1.29 is 9.53 Å². The highest BCUT2D eigenvalue weighted by molar-refractivity contribution is 5.85. The smallest absolute Gasteiger partial charge is 0.231 e. The molecular formula is C26H31N5O2. The average molecular weight is 446 g/mol. The molecule has 0 bridgehead atoms. The van der Waals surface area contributed by atoms with Gasteiger partial charge in [0.2, 0.25) is 11.8 Å². The molecule has 0 radical (unpaired) electrons. The lowest BCUT2D eigenvalue weighted by Crippen LogP contribution is -2.52. The highest BCUT2D eigenvalue weighted by Gasteiger charge is 2.55. The van der Waals surface area contributed by atoms with E-state index in [1.807, 2.05) is 42.2 Å². The SMILES string of the molecule is COc1ncccc1CN1C[C@@H](c2ccnn2C)[C@@]2(CCCN(Cc3ccccc3)C2=O)C1. The minimum absolute atomic E-state index is 0.0961. The van der Waals surface area contributed by atoms with Crippen molar-refractivity contribution in [3.8, 4) is 5.88 Å². The second-order valence-corrected chi connectivity index (χ2v) is 9.25. The molecule has 2 aliphatic rings. The standard InChI is InChI=1S/C26H31N5O2/c1-29-23(11-14-28-29)22-18-30(17-21-10-6-13-27-24(21)33-2)19-26(22)12-7-15-31(25(26)32)16-20-8-4-3-5-9-20/h3-6,8-11,13-14,22H,7,12,15-19H2,1-2H3/t22-,26+/m0/s1. The van der Waals surface area contributed by atoms with Crippen molar-refractivity contribution in [1.82, 2.24) is 24.6 Å². The van der Waals surface area contributed by atoms with Crippen molar-refractivity contribution in [2.24, 2.45) is 12.5 Å². The molecule has 2 fully saturated rings. The number of piperidine rings is 1. The summed E-state index contributed by atoms with van der Waals surface area (Å²) in [6, 6.07) is 16.4. The Labute approximate surface area is 195 Å². The molecule has 2 aromatic heterocycles. The fourth-order valence-corrected chi connectivity index (χ4v) is 5.73. The third-order valence-corrected chi connectivity index (χ3v) is 7.25. The topological polar surface area (TPSA) is 63.5 Å². The van der Waals surface area contributed by atoms with E-state index in [1.165, 1.54) is 5.56 Å². The summed E-state index contributed by atoms with van der Waals surface area (Å²) < 4.78 is 7.42. The van der Waals surface area contributed by atoms with Crippen molar-refractivity contribution in [1.29, 1.82) is 0 Å². The summed E-state index contributed by atoms with van der Waals surface area (Å²) in [6.45, 7) is 3.71. The molecule has 0 saturated carbocycles. The van der Waals surface area contributed by atoms with Crippen molar-refractivity contribution in [2.45, 2.75) is 31.8 Å². The van der Waals surface area contributed by atoms with Crippen LogP contribution in [0.4, 0.5) is 0 Å². The Morgan fingerprint density at radius 3 is 2.70 bits per heavy atom. The Morgan fingerprint density at radius 2 is 1.94 bits per heavy atom. The van der Waals surface area contributed by atoms with Crippen molar-refractivity contribution >= 4 is 5.91 Å². The molecule has 33 heavy (non-hydrogen) atoms. The highest BCUT2D eigenvalue weighted by atomic mass is 16.5. The van der Waals surface area contributed by atoms with Gasteiger partial charge < -0.3 is 9.64 Å². The van der Waals surface area contributed by atoms with Gasteiger partial charge in [-0.1, -0.05) is 36.4 Å². The molecule has 1 aromatic carbocycles. The number of nitrogens with zero attached hydrogens (tertiary/aromatic N) is 5. The number of ether oxygens (including phenoxy) is 1. The first kappa shape index (κ1) is 21.6. The van der Waals surface area contributed by atoms with Crippen LogP contribution in [-0.2, 0) is 24.9 Å². The molecule has 2 atom stereocenters. The predicted octanol–water partition coefficient (Wildman–Crippen LogP) is 3.23. The fraction of sp³-hybridized carbons (Fsp3) is 0.423. The normalized spacial score (nSPS) is 23.4. The lowest BCUT2D eigenvalue weighted by atomic mass is 9.70. The van der Waals surface area contributed by atoms with Gasteiger partial charge in [0.15, 0.2) is 0 Å². The summed E-state index contributed by atoms with van der Waals surface area (Å²) in [5.41, 5.74) is 2.90. The molecule has 3 aromatic rings. The minimum Gasteiger partial charge on any atom is -0.481 e. The van der Waals surface area contributed by atoms with E-state index in [9.17, 15) is 4.79 Å². The first-order chi connectivity index (χ1) is 16.1. The highest BCUT2D eigenvalue weighted by Crippen LogP contribution is 2.50. The number of likely N-dealkylation sites (tertiary alicyclic amines) is 2. The molecule has 1 spiro atoms. The van der Waals surface area contributed by atoms with E-state index in [4.69, 9.17) is 4.74 Å². The second-order valence-electron chi connectivity index (χ2n) is 9.25. The molecule has 0 N–H and O–H groups in total. The summed E-state index contributed by atoms with van der Waals surface area (Å²) in [7, 11) is 3.63. The third kappa shape index (κ3) is 4.02. The number of amides is 1. The Morgan fingerprint density at radius 1 is 1.09 bits per heavy atom. The minimum atomic E-state index is -0.448. The van der Waals surface area contributed by atoms with Gasteiger partial charge in [-0.05, 0) is 30.5 Å². The molecular weight excluding hydrogens is 414 g/mol. The summed E-state index contributed by atoms with van der Waals surface area (Å²) in [5.74, 6) is 1.01. The van der Waals surface area contributed by atoms with Crippen LogP contribution in [0.1, 0.15) is 35.6 Å². The van der Waals surface area contributed by atoms with E-state index in [-0.39, 0.29) is 11.8 Å². The van der Waals surface area contributed by atoms with Crippen LogP contribution in [0.15, 0.2) is 60.9 Å². The van der Waals surface area contributed by atoms with Crippen LogP contribution >= 0.6 is 0 Å². The van der Waals surface area contributed by atoms with Crippen LogP contribution in [0.3, 0.4) is 0 Å². The van der Waals surface area contributed by atoms with Gasteiger partial charge in [0.1, 0.15) is 0 Å². The van der Waals surface area contributed by atoms with Crippen molar-refractivity contribution in [3.05, 3.63) is 77.7 Å². The van der Waals surface area contributed by atoms with E-state index < -0.39 is 5.41 Å². The monoisotopic (exact) mass is 445 g/mol. The zero-order valence-corrected chi connectivity index (χ0v) is 19.4. The van der Waals surface area contributed by atoms with Gasteiger partial charge in [0, 0.05) is 69.3 Å². The molecule has 7 nitrogen and oxygen atoms in total. The molecule has 172 valence electrons. The lowest BCUT2D eigenvalue weighted by Gasteiger charge is -2.42. The van der Waals surface area contributed by atoms with Crippen LogP contribution in [0, 0.1) is 5.41 Å². The molecule has 2 aliphatic heterocycles. The summed E-state index contributed by atoms with van der Waals surface area (Å²) in [4.78, 5) is 22.9. The van der Waals surface area contributed by atoms with Gasteiger partial charge >= 0.3 is 0 Å². The second kappa shape index (κ2) is 8.98. The van der Waals surface area contributed by atoms with Gasteiger partial charge in [-0.15, -0.1) is 0 Å². The first-order valence-corrected chi connectivity index (χ1v) is 11.6. The van der Waals surface area contributed by atoms with Crippen LogP contribution in [0.25, 0.3) is 0 Å². The molecule has 0 aliphatic carbocycles. The number of methoxy groups -OCH3 is 1. The van der Waals surface area contributed by atoms with Crippen molar-refractivity contribution in [3.63, 3.8) is 0 Å². The van der Waals surface area contributed by atoms with Crippen LogP contribution < -0.4 is 4.74 Å². The maximum absolute atomic E-state index is 14.1. The Bertz CT molecular complexity index is 1110. The Hall–Kier alpha value is -3.19. The Balaban J connectivity index is 1.46. The number of benzene rings is 1. The first-order valence-electron chi connectivity index (χ1n) is 11.6. The van der Waals surface area contributed by atoms with E-state index >= 15 is 0 Å². The maximum atomic E-state index is 14.1. The Kier molecular flexibility index (Phi) is 5.89.